The molecule has 3 N–H and O–H groups in total. The van der Waals surface area contributed by atoms with E-state index in [1.807, 2.05) is 13.8 Å². The second-order valence-corrected chi connectivity index (χ2v) is 6.03. The Labute approximate surface area is 133 Å². The summed E-state index contributed by atoms with van der Waals surface area (Å²) in [6, 6.07) is 7.90. The Bertz CT molecular complexity index is 482. The van der Waals surface area contributed by atoms with Gasteiger partial charge in [0.15, 0.2) is 0 Å². The van der Waals surface area contributed by atoms with Gasteiger partial charge in [-0.05, 0) is 37.7 Å². The zero-order valence-electron chi connectivity index (χ0n) is 13.9. The molecule has 122 valence electrons. The van der Waals surface area contributed by atoms with E-state index in [0.29, 0.717) is 6.42 Å². The van der Waals surface area contributed by atoms with E-state index in [4.69, 9.17) is 5.73 Å². The van der Waals surface area contributed by atoms with Crippen LogP contribution in [0.5, 0.6) is 0 Å². The van der Waals surface area contributed by atoms with E-state index in [1.165, 1.54) is 11.1 Å². The Kier molecular flexibility index (Phi) is 7.64. The molecule has 1 rings (SSSR count). The zero-order chi connectivity index (χ0) is 16.5. The molecule has 2 unspecified atom stereocenters. The summed E-state index contributed by atoms with van der Waals surface area (Å²) in [6.07, 6.45) is 3.98. The smallest absolute Gasteiger partial charge is 0.240 e. The summed E-state index contributed by atoms with van der Waals surface area (Å²) in [6.45, 7) is 5.97. The number of hydrogen-bond acceptors (Lipinski definition) is 2. The predicted octanol–water partition coefficient (Wildman–Crippen LogP) is 2.72. The normalized spacial score (nSPS) is 13.4. The number of hydrogen-bond donors (Lipinski definition) is 2. The Morgan fingerprint density at radius 2 is 1.82 bits per heavy atom. The highest BCUT2D eigenvalue weighted by atomic mass is 16.2. The maximum Gasteiger partial charge on any atom is 0.240 e. The number of carbonyl (C=O) groups is 2. The SMILES string of the molecule is CCC(C)C(NC(=O)CCCCc1ccc(C)cc1)C(N)=O. The summed E-state index contributed by atoms with van der Waals surface area (Å²) in [5, 5.41) is 2.76. The lowest BCUT2D eigenvalue weighted by Crippen LogP contribution is -2.48. The fourth-order valence-electron chi connectivity index (χ4n) is 2.34. The van der Waals surface area contributed by atoms with Gasteiger partial charge in [0.1, 0.15) is 6.04 Å². The molecular weight excluding hydrogens is 276 g/mol. The Hall–Kier alpha value is -1.84. The highest BCUT2D eigenvalue weighted by Crippen LogP contribution is 2.10. The van der Waals surface area contributed by atoms with E-state index in [-0.39, 0.29) is 11.8 Å². The largest absolute Gasteiger partial charge is 0.368 e. The third-order valence-corrected chi connectivity index (χ3v) is 4.08. The minimum atomic E-state index is -0.561. The molecule has 1 aromatic rings. The van der Waals surface area contributed by atoms with Gasteiger partial charge in [-0.2, -0.15) is 0 Å². The van der Waals surface area contributed by atoms with Crippen molar-refractivity contribution in [3.63, 3.8) is 0 Å². The number of nitrogens with two attached hydrogens (primary N) is 1. The molecule has 0 radical (unpaired) electrons. The van der Waals surface area contributed by atoms with Crippen molar-refractivity contribution in [1.82, 2.24) is 5.32 Å². The Morgan fingerprint density at radius 3 is 2.36 bits per heavy atom. The van der Waals surface area contributed by atoms with Crippen molar-refractivity contribution >= 4 is 11.8 Å². The summed E-state index contributed by atoms with van der Waals surface area (Å²) in [4.78, 5) is 23.3. The molecule has 4 nitrogen and oxygen atoms in total. The second kappa shape index (κ2) is 9.23. The zero-order valence-corrected chi connectivity index (χ0v) is 13.9. The molecule has 2 atom stereocenters. The molecule has 0 bridgehead atoms. The van der Waals surface area contributed by atoms with Crippen LogP contribution in [-0.4, -0.2) is 17.9 Å². The second-order valence-electron chi connectivity index (χ2n) is 6.03. The van der Waals surface area contributed by atoms with Gasteiger partial charge in [-0.3, -0.25) is 9.59 Å². The van der Waals surface area contributed by atoms with Crippen LogP contribution in [0.3, 0.4) is 0 Å². The molecule has 22 heavy (non-hydrogen) atoms. The van der Waals surface area contributed by atoms with Gasteiger partial charge in [-0.25, -0.2) is 0 Å². The minimum Gasteiger partial charge on any atom is -0.368 e. The van der Waals surface area contributed by atoms with Crippen molar-refractivity contribution in [2.75, 3.05) is 0 Å². The van der Waals surface area contributed by atoms with Gasteiger partial charge in [0, 0.05) is 6.42 Å². The molecule has 0 aliphatic carbocycles. The van der Waals surface area contributed by atoms with Crippen LogP contribution < -0.4 is 11.1 Å². The van der Waals surface area contributed by atoms with Crippen LogP contribution in [0.2, 0.25) is 0 Å². The predicted molar refractivity (Wildman–Crippen MR) is 89.3 cm³/mol. The van der Waals surface area contributed by atoms with E-state index >= 15 is 0 Å². The fourth-order valence-corrected chi connectivity index (χ4v) is 2.34. The molecule has 0 aliphatic heterocycles. The number of aryl methyl sites for hydroxylation is 2. The van der Waals surface area contributed by atoms with E-state index in [2.05, 4.69) is 36.5 Å². The van der Waals surface area contributed by atoms with Crippen molar-refractivity contribution < 1.29 is 9.59 Å². The first-order chi connectivity index (χ1) is 10.4. The molecule has 0 saturated heterocycles. The van der Waals surface area contributed by atoms with Gasteiger partial charge in [-0.1, -0.05) is 50.1 Å². The van der Waals surface area contributed by atoms with Crippen LogP contribution in [0.1, 0.15) is 50.7 Å². The number of rotatable bonds is 9. The van der Waals surface area contributed by atoms with Gasteiger partial charge < -0.3 is 11.1 Å². The van der Waals surface area contributed by atoms with Crippen molar-refractivity contribution in [2.45, 2.75) is 58.9 Å². The molecule has 0 spiro atoms. The highest BCUT2D eigenvalue weighted by molar-refractivity contribution is 5.86. The van der Waals surface area contributed by atoms with Gasteiger partial charge in [0.2, 0.25) is 11.8 Å². The summed E-state index contributed by atoms with van der Waals surface area (Å²) in [7, 11) is 0. The molecule has 0 fully saturated rings. The number of benzene rings is 1. The van der Waals surface area contributed by atoms with Crippen LogP contribution in [0.15, 0.2) is 24.3 Å². The first kappa shape index (κ1) is 18.2. The molecule has 0 saturated carbocycles. The lowest BCUT2D eigenvalue weighted by atomic mass is 9.98. The molecule has 2 amide bonds. The standard InChI is InChI=1S/C18H28N2O2/c1-4-14(3)17(18(19)22)20-16(21)8-6-5-7-15-11-9-13(2)10-12-15/h9-12,14,17H,4-8H2,1-3H3,(H2,19,22)(H,20,21). The van der Waals surface area contributed by atoms with Crippen LogP contribution in [0.4, 0.5) is 0 Å². The summed E-state index contributed by atoms with van der Waals surface area (Å²) < 4.78 is 0. The van der Waals surface area contributed by atoms with Crippen LogP contribution in [0.25, 0.3) is 0 Å². The molecule has 0 aromatic heterocycles. The van der Waals surface area contributed by atoms with Crippen molar-refractivity contribution in [3.05, 3.63) is 35.4 Å². The van der Waals surface area contributed by atoms with E-state index in [1.54, 1.807) is 0 Å². The molecule has 1 aromatic carbocycles. The van der Waals surface area contributed by atoms with Gasteiger partial charge in [0.25, 0.3) is 0 Å². The van der Waals surface area contributed by atoms with Crippen LogP contribution >= 0.6 is 0 Å². The van der Waals surface area contributed by atoms with Crippen molar-refractivity contribution in [2.24, 2.45) is 11.7 Å². The lowest BCUT2D eigenvalue weighted by Gasteiger charge is -2.21. The Morgan fingerprint density at radius 1 is 1.18 bits per heavy atom. The number of primary amides is 1. The highest BCUT2D eigenvalue weighted by Gasteiger charge is 2.23. The van der Waals surface area contributed by atoms with Gasteiger partial charge in [-0.15, -0.1) is 0 Å². The molecule has 4 heteroatoms. The average Bonchev–Trinajstić information content (AvgIpc) is 2.50. The lowest BCUT2D eigenvalue weighted by molar-refractivity contribution is -0.128. The molecule has 0 heterocycles. The van der Waals surface area contributed by atoms with Crippen LogP contribution in [0, 0.1) is 12.8 Å². The topological polar surface area (TPSA) is 72.2 Å². The van der Waals surface area contributed by atoms with Gasteiger partial charge >= 0.3 is 0 Å². The van der Waals surface area contributed by atoms with E-state index in [0.717, 1.165) is 25.7 Å². The average molecular weight is 304 g/mol. The van der Waals surface area contributed by atoms with Crippen molar-refractivity contribution in [1.29, 1.82) is 0 Å². The Balaban J connectivity index is 2.30. The monoisotopic (exact) mass is 304 g/mol. The summed E-state index contributed by atoms with van der Waals surface area (Å²) in [5.41, 5.74) is 7.90. The van der Waals surface area contributed by atoms with Gasteiger partial charge in [0.05, 0.1) is 0 Å². The van der Waals surface area contributed by atoms with E-state index < -0.39 is 11.9 Å². The summed E-state index contributed by atoms with van der Waals surface area (Å²) >= 11 is 0. The third kappa shape index (κ3) is 6.29. The van der Waals surface area contributed by atoms with Crippen molar-refractivity contribution in [3.8, 4) is 0 Å². The number of carbonyl (C=O) groups excluding carboxylic acids is 2. The fraction of sp³-hybridized carbons (Fsp3) is 0.556. The first-order valence-electron chi connectivity index (χ1n) is 8.08. The molecule has 0 aliphatic rings. The third-order valence-electron chi connectivity index (χ3n) is 4.08. The quantitative estimate of drug-likeness (QED) is 0.689. The minimum absolute atomic E-state index is 0.0639. The maximum atomic E-state index is 11.9. The first-order valence-corrected chi connectivity index (χ1v) is 8.08. The van der Waals surface area contributed by atoms with E-state index in [9.17, 15) is 9.59 Å². The number of amides is 2. The molecular formula is C18H28N2O2. The number of unbranched alkanes of at least 4 members (excludes halogenated alkanes) is 1. The number of nitrogens with one attached hydrogen (secondary N) is 1. The van der Waals surface area contributed by atoms with Crippen LogP contribution in [-0.2, 0) is 16.0 Å². The summed E-state index contributed by atoms with van der Waals surface area (Å²) in [5.74, 6) is -0.482. The maximum absolute atomic E-state index is 11.9.